The summed E-state index contributed by atoms with van der Waals surface area (Å²) in [7, 11) is 0. The zero-order chi connectivity index (χ0) is 18.5. The molecule has 2 aromatic rings. The third-order valence-electron chi connectivity index (χ3n) is 5.57. The van der Waals surface area contributed by atoms with Gasteiger partial charge in [0.1, 0.15) is 11.3 Å². The van der Waals surface area contributed by atoms with Crippen molar-refractivity contribution >= 4 is 17.3 Å². The Morgan fingerprint density at radius 2 is 1.63 bits per heavy atom. The summed E-state index contributed by atoms with van der Waals surface area (Å²) in [6.45, 7) is 3.71. The summed E-state index contributed by atoms with van der Waals surface area (Å²) in [5, 5.41) is 6.59. The third-order valence-corrected chi connectivity index (χ3v) is 5.57. The minimum absolute atomic E-state index is 0.108. The van der Waals surface area contributed by atoms with Gasteiger partial charge in [-0.15, -0.1) is 0 Å². The van der Waals surface area contributed by atoms with Gasteiger partial charge in [0.25, 0.3) is 0 Å². The number of amides is 1. The Labute approximate surface area is 160 Å². The van der Waals surface area contributed by atoms with Gasteiger partial charge in [0.05, 0.1) is 18.0 Å². The van der Waals surface area contributed by atoms with Crippen molar-refractivity contribution in [3.05, 3.63) is 54.6 Å². The minimum atomic E-state index is -0.457. The number of anilines is 2. The Kier molecular flexibility index (Phi) is 5.30. The summed E-state index contributed by atoms with van der Waals surface area (Å²) in [5.74, 6) is 1.05. The van der Waals surface area contributed by atoms with E-state index in [1.54, 1.807) is 0 Å². The van der Waals surface area contributed by atoms with Crippen LogP contribution < -0.4 is 15.4 Å². The molecule has 5 nitrogen and oxygen atoms in total. The molecule has 2 N–H and O–H groups in total. The second-order valence-corrected chi connectivity index (χ2v) is 7.42. The van der Waals surface area contributed by atoms with Crippen LogP contribution in [0.3, 0.4) is 0 Å². The summed E-state index contributed by atoms with van der Waals surface area (Å²) < 4.78 is 5.75. The second kappa shape index (κ2) is 8.01. The highest BCUT2D eigenvalue weighted by Gasteiger charge is 2.44. The first-order valence-corrected chi connectivity index (χ1v) is 9.84. The fraction of sp³-hybridized carbons (Fsp3) is 0.409. The molecule has 0 aromatic heterocycles. The largest absolute Gasteiger partial charge is 0.494 e. The molecule has 1 spiro atoms. The summed E-state index contributed by atoms with van der Waals surface area (Å²) in [6.07, 6.45) is 3.84. The van der Waals surface area contributed by atoms with Crippen LogP contribution in [0, 0.1) is 0 Å². The number of likely N-dealkylation sites (tertiary alicyclic amines) is 1. The number of ether oxygens (including phenoxy) is 1. The lowest BCUT2D eigenvalue weighted by atomic mass is 9.84. The molecule has 1 fully saturated rings. The summed E-state index contributed by atoms with van der Waals surface area (Å²) in [6, 6.07) is 17.9. The number of rotatable bonds is 6. The molecule has 1 saturated heterocycles. The first kappa shape index (κ1) is 17.9. The van der Waals surface area contributed by atoms with Gasteiger partial charge in [-0.2, -0.15) is 0 Å². The van der Waals surface area contributed by atoms with Crippen molar-refractivity contribution in [2.45, 2.75) is 31.2 Å². The van der Waals surface area contributed by atoms with Crippen molar-refractivity contribution < 1.29 is 9.53 Å². The molecule has 0 aliphatic carbocycles. The van der Waals surface area contributed by atoms with Crippen LogP contribution in [0.25, 0.3) is 0 Å². The van der Waals surface area contributed by atoms with E-state index in [0.29, 0.717) is 0 Å². The van der Waals surface area contributed by atoms with Gasteiger partial charge < -0.3 is 20.3 Å². The monoisotopic (exact) mass is 365 g/mol. The van der Waals surface area contributed by atoms with E-state index in [4.69, 9.17) is 4.74 Å². The van der Waals surface area contributed by atoms with Crippen LogP contribution in [-0.2, 0) is 4.79 Å². The SMILES string of the molecule is O=C1Nc2ccccc2NC12CCN(CCCCOc1ccccc1)CC2. The third kappa shape index (κ3) is 4.08. The lowest BCUT2D eigenvalue weighted by Crippen LogP contribution is -2.58. The maximum atomic E-state index is 12.7. The Morgan fingerprint density at radius 3 is 2.41 bits per heavy atom. The molecular weight excluding hydrogens is 338 g/mol. The molecule has 0 unspecified atom stereocenters. The van der Waals surface area contributed by atoms with E-state index in [1.165, 1.54) is 0 Å². The average molecular weight is 365 g/mol. The number of carbonyl (C=O) groups is 1. The number of unbranched alkanes of at least 4 members (excludes halogenated alkanes) is 1. The van der Waals surface area contributed by atoms with Gasteiger partial charge in [0.2, 0.25) is 5.91 Å². The van der Waals surface area contributed by atoms with Crippen LogP contribution in [-0.4, -0.2) is 42.6 Å². The quantitative estimate of drug-likeness (QED) is 0.766. The zero-order valence-corrected chi connectivity index (χ0v) is 15.6. The van der Waals surface area contributed by atoms with Crippen molar-refractivity contribution in [1.82, 2.24) is 4.90 Å². The van der Waals surface area contributed by atoms with Gasteiger partial charge in [-0.25, -0.2) is 0 Å². The number of benzene rings is 2. The van der Waals surface area contributed by atoms with Crippen LogP contribution in [0.15, 0.2) is 54.6 Å². The number of nitrogens with one attached hydrogen (secondary N) is 2. The Hall–Kier alpha value is -2.53. The molecular formula is C22H27N3O2. The van der Waals surface area contributed by atoms with Gasteiger partial charge >= 0.3 is 0 Å². The molecule has 2 heterocycles. The molecule has 27 heavy (non-hydrogen) atoms. The highest BCUT2D eigenvalue weighted by atomic mass is 16.5. The Balaban J connectivity index is 1.21. The molecule has 142 valence electrons. The van der Waals surface area contributed by atoms with E-state index in [2.05, 4.69) is 15.5 Å². The standard InChI is InChI=1S/C22H27N3O2/c26-21-22(24-20-11-5-4-10-19(20)23-21)12-15-25(16-13-22)14-6-7-17-27-18-8-2-1-3-9-18/h1-5,8-11,24H,6-7,12-17H2,(H,23,26). The van der Waals surface area contributed by atoms with Crippen LogP contribution in [0.5, 0.6) is 5.75 Å². The smallest absolute Gasteiger partial charge is 0.250 e. The number of para-hydroxylation sites is 3. The van der Waals surface area contributed by atoms with E-state index in [0.717, 1.165) is 69.0 Å². The molecule has 2 aromatic carbocycles. The van der Waals surface area contributed by atoms with E-state index < -0.39 is 5.54 Å². The fourth-order valence-corrected chi connectivity index (χ4v) is 3.91. The second-order valence-electron chi connectivity index (χ2n) is 7.42. The molecule has 0 atom stereocenters. The number of carbonyl (C=O) groups excluding carboxylic acids is 1. The van der Waals surface area contributed by atoms with Crippen molar-refractivity contribution in [3.8, 4) is 5.75 Å². The van der Waals surface area contributed by atoms with Crippen LogP contribution in [0.2, 0.25) is 0 Å². The predicted molar refractivity (Wildman–Crippen MR) is 108 cm³/mol. The highest BCUT2D eigenvalue weighted by Crippen LogP contribution is 2.36. The normalized spacial score (nSPS) is 18.4. The molecule has 0 saturated carbocycles. The number of hydrogen-bond donors (Lipinski definition) is 2. The topological polar surface area (TPSA) is 53.6 Å². The van der Waals surface area contributed by atoms with E-state index >= 15 is 0 Å². The van der Waals surface area contributed by atoms with Crippen molar-refractivity contribution in [2.24, 2.45) is 0 Å². The fourth-order valence-electron chi connectivity index (χ4n) is 3.91. The van der Waals surface area contributed by atoms with Crippen molar-refractivity contribution in [1.29, 1.82) is 0 Å². The van der Waals surface area contributed by atoms with Crippen LogP contribution in [0.4, 0.5) is 11.4 Å². The molecule has 2 aliphatic heterocycles. The summed E-state index contributed by atoms with van der Waals surface area (Å²) in [4.78, 5) is 15.1. The summed E-state index contributed by atoms with van der Waals surface area (Å²) in [5.41, 5.74) is 1.46. The zero-order valence-electron chi connectivity index (χ0n) is 15.6. The number of fused-ring (bicyclic) bond motifs is 1. The molecule has 0 bridgehead atoms. The van der Waals surface area contributed by atoms with E-state index in [1.807, 2.05) is 54.6 Å². The molecule has 4 rings (SSSR count). The number of piperidine rings is 1. The predicted octanol–water partition coefficient (Wildman–Crippen LogP) is 3.74. The van der Waals surface area contributed by atoms with E-state index in [-0.39, 0.29) is 5.91 Å². The van der Waals surface area contributed by atoms with Crippen molar-refractivity contribution in [3.63, 3.8) is 0 Å². The lowest BCUT2D eigenvalue weighted by Gasteiger charge is -2.44. The van der Waals surface area contributed by atoms with E-state index in [9.17, 15) is 4.79 Å². The Morgan fingerprint density at radius 1 is 0.926 bits per heavy atom. The molecule has 2 aliphatic rings. The summed E-state index contributed by atoms with van der Waals surface area (Å²) >= 11 is 0. The first-order chi connectivity index (χ1) is 13.3. The van der Waals surface area contributed by atoms with Gasteiger partial charge in [-0.3, -0.25) is 4.79 Å². The van der Waals surface area contributed by atoms with Gasteiger partial charge in [0, 0.05) is 13.1 Å². The van der Waals surface area contributed by atoms with Crippen LogP contribution in [0.1, 0.15) is 25.7 Å². The van der Waals surface area contributed by atoms with Crippen LogP contribution >= 0.6 is 0 Å². The van der Waals surface area contributed by atoms with Gasteiger partial charge in [0.15, 0.2) is 0 Å². The molecule has 5 heteroatoms. The minimum Gasteiger partial charge on any atom is -0.494 e. The van der Waals surface area contributed by atoms with Crippen molar-refractivity contribution in [2.75, 3.05) is 36.9 Å². The molecule has 1 amide bonds. The maximum Gasteiger partial charge on any atom is 0.250 e. The number of nitrogens with zero attached hydrogens (tertiary/aromatic N) is 1. The highest BCUT2D eigenvalue weighted by molar-refractivity contribution is 6.06. The molecule has 0 radical (unpaired) electrons. The number of hydrogen-bond acceptors (Lipinski definition) is 4. The lowest BCUT2D eigenvalue weighted by molar-refractivity contribution is -0.122. The van der Waals surface area contributed by atoms with Gasteiger partial charge in [-0.05, 0) is 56.5 Å². The van der Waals surface area contributed by atoms with Gasteiger partial charge in [-0.1, -0.05) is 30.3 Å². The average Bonchev–Trinajstić information content (AvgIpc) is 2.71. The first-order valence-electron chi connectivity index (χ1n) is 9.84. The Bertz CT molecular complexity index is 770. The maximum absolute atomic E-state index is 12.7.